The second-order valence-corrected chi connectivity index (χ2v) is 5.35. The highest BCUT2D eigenvalue weighted by Crippen LogP contribution is 2.11. The van der Waals surface area contributed by atoms with Gasteiger partial charge in [-0.05, 0) is 20.3 Å². The zero-order valence-electron chi connectivity index (χ0n) is 11.7. The number of ether oxygens (including phenoxy) is 1. The number of carbonyl (C=O) groups is 1. The first-order chi connectivity index (χ1) is 9.02. The molecule has 0 amide bonds. The van der Waals surface area contributed by atoms with Crippen LogP contribution in [0.4, 0.5) is 0 Å². The van der Waals surface area contributed by atoms with E-state index < -0.39 is 28.8 Å². The Kier molecular flexibility index (Phi) is 11.5. The third kappa shape index (κ3) is 9.38. The summed E-state index contributed by atoms with van der Waals surface area (Å²) < 4.78 is 26.2. The van der Waals surface area contributed by atoms with E-state index in [0.717, 1.165) is 25.7 Å². The van der Waals surface area contributed by atoms with Crippen molar-refractivity contribution in [1.82, 2.24) is 0 Å². The predicted molar refractivity (Wildman–Crippen MR) is 75.1 cm³/mol. The first-order valence-corrected chi connectivity index (χ1v) is 7.99. The molecule has 114 valence electrons. The van der Waals surface area contributed by atoms with Gasteiger partial charge in [0.2, 0.25) is 0 Å². The van der Waals surface area contributed by atoms with Crippen LogP contribution in [0.2, 0.25) is 0 Å². The minimum absolute atomic E-state index is 0.242. The van der Waals surface area contributed by atoms with Crippen molar-refractivity contribution >= 4 is 28.9 Å². The molecule has 0 spiro atoms. The molecule has 3 atom stereocenters. The molecule has 0 bridgehead atoms. The van der Waals surface area contributed by atoms with Crippen LogP contribution in [-0.4, -0.2) is 34.9 Å². The predicted octanol–water partition coefficient (Wildman–Crippen LogP) is 2.74. The average Bonchev–Trinajstić information content (AvgIpc) is 2.37. The van der Waals surface area contributed by atoms with E-state index in [2.05, 4.69) is 6.92 Å². The van der Waals surface area contributed by atoms with E-state index in [1.807, 2.05) is 0 Å². The molecule has 0 N–H and O–H groups in total. The Labute approximate surface area is 122 Å². The molecule has 0 aromatic carbocycles. The second kappa shape index (κ2) is 11.6. The van der Waals surface area contributed by atoms with Gasteiger partial charge in [-0.2, -0.15) is 4.21 Å². The molecule has 19 heavy (non-hydrogen) atoms. The summed E-state index contributed by atoms with van der Waals surface area (Å²) >= 11 is 3.93. The highest BCUT2D eigenvalue weighted by molar-refractivity contribution is 7.75. The van der Waals surface area contributed by atoms with Gasteiger partial charge in [-0.1, -0.05) is 26.2 Å². The fourth-order valence-corrected chi connectivity index (χ4v) is 2.11. The smallest absolute Gasteiger partial charge is 0.326 e. The number of hydrogen-bond acceptors (Lipinski definition) is 5. The summed E-state index contributed by atoms with van der Waals surface area (Å²) in [5.41, 5.74) is 0. The number of carbonyl (C=O) groups excluding carboxylic acids is 1. The molecule has 0 aliphatic carbocycles. The highest BCUT2D eigenvalue weighted by Gasteiger charge is 2.26. The minimum atomic E-state index is -1.89. The van der Waals surface area contributed by atoms with Gasteiger partial charge in [0.25, 0.3) is 0 Å². The number of unbranched alkanes of at least 4 members (excludes halogenated alkanes) is 3. The number of rotatable bonds is 11. The van der Waals surface area contributed by atoms with Crippen LogP contribution in [0.15, 0.2) is 0 Å². The average molecular weight is 315 g/mol. The van der Waals surface area contributed by atoms with E-state index in [4.69, 9.17) is 24.7 Å². The van der Waals surface area contributed by atoms with Gasteiger partial charge in [0.05, 0.1) is 13.2 Å². The van der Waals surface area contributed by atoms with Crippen molar-refractivity contribution in [3.05, 3.63) is 0 Å². The van der Waals surface area contributed by atoms with Gasteiger partial charge in [-0.15, -0.1) is 11.6 Å². The molecule has 5 nitrogen and oxygen atoms in total. The van der Waals surface area contributed by atoms with Crippen LogP contribution >= 0.6 is 11.6 Å². The summed E-state index contributed by atoms with van der Waals surface area (Å²) in [6.45, 7) is 5.95. The summed E-state index contributed by atoms with van der Waals surface area (Å²) in [5, 5.41) is -0.993. The lowest BCUT2D eigenvalue weighted by atomic mass is 10.2. The molecule has 7 heteroatoms. The Morgan fingerprint density at radius 3 is 2.53 bits per heavy atom. The van der Waals surface area contributed by atoms with E-state index in [0.29, 0.717) is 6.61 Å². The van der Waals surface area contributed by atoms with Crippen molar-refractivity contribution < 1.29 is 22.1 Å². The SMILES string of the molecule is CCCCCCO[S@@](=O)O[C@@H](C)[C@H](Cl)C(=O)OCC. The van der Waals surface area contributed by atoms with E-state index in [1.54, 1.807) is 13.8 Å². The topological polar surface area (TPSA) is 61.8 Å². The molecular weight excluding hydrogens is 292 g/mol. The lowest BCUT2D eigenvalue weighted by Gasteiger charge is -2.15. The largest absolute Gasteiger partial charge is 0.465 e. The van der Waals surface area contributed by atoms with Gasteiger partial charge in [0.15, 0.2) is 5.38 Å². The first kappa shape index (κ1) is 18.8. The molecule has 0 aromatic heterocycles. The normalized spacial score (nSPS) is 15.8. The van der Waals surface area contributed by atoms with E-state index in [9.17, 15) is 9.00 Å². The zero-order chi connectivity index (χ0) is 14.7. The lowest BCUT2D eigenvalue weighted by molar-refractivity contribution is -0.144. The Bertz CT molecular complexity index is 275. The van der Waals surface area contributed by atoms with Crippen molar-refractivity contribution in [3.8, 4) is 0 Å². The molecule has 0 fully saturated rings. The molecule has 0 rings (SSSR count). The van der Waals surface area contributed by atoms with Crippen LogP contribution in [0, 0.1) is 0 Å². The summed E-state index contributed by atoms with van der Waals surface area (Å²) in [6, 6.07) is 0. The fraction of sp³-hybridized carbons (Fsp3) is 0.917. The maximum absolute atomic E-state index is 11.4. The van der Waals surface area contributed by atoms with Crippen LogP contribution in [0.1, 0.15) is 46.5 Å². The molecule has 0 aliphatic heterocycles. The molecule has 0 saturated heterocycles. The van der Waals surface area contributed by atoms with Crippen LogP contribution in [0.25, 0.3) is 0 Å². The molecule has 0 unspecified atom stereocenters. The highest BCUT2D eigenvalue weighted by atomic mass is 35.5. The maximum Gasteiger partial charge on any atom is 0.326 e. The quantitative estimate of drug-likeness (QED) is 0.333. The Morgan fingerprint density at radius 2 is 1.95 bits per heavy atom. The van der Waals surface area contributed by atoms with Gasteiger partial charge in [-0.25, -0.2) is 0 Å². The Balaban J connectivity index is 3.82. The monoisotopic (exact) mass is 314 g/mol. The zero-order valence-corrected chi connectivity index (χ0v) is 13.3. The molecule has 0 saturated carbocycles. The van der Waals surface area contributed by atoms with Crippen LogP contribution in [0.5, 0.6) is 0 Å². The summed E-state index contributed by atoms with van der Waals surface area (Å²) in [7, 11) is 0. The molecule has 0 radical (unpaired) electrons. The number of hydrogen-bond donors (Lipinski definition) is 0. The molecular formula is C12H23ClO5S. The van der Waals surface area contributed by atoms with E-state index >= 15 is 0 Å². The molecule has 0 aliphatic rings. The van der Waals surface area contributed by atoms with Crippen molar-refractivity contribution in [1.29, 1.82) is 0 Å². The summed E-state index contributed by atoms with van der Waals surface area (Å²) in [6.07, 6.45) is 3.38. The van der Waals surface area contributed by atoms with Gasteiger partial charge in [0, 0.05) is 0 Å². The lowest BCUT2D eigenvalue weighted by Crippen LogP contribution is -2.31. The van der Waals surface area contributed by atoms with Gasteiger partial charge in [0.1, 0.15) is 6.10 Å². The third-order valence-corrected chi connectivity index (χ3v) is 3.68. The standard InChI is InChI=1S/C12H23ClO5S/c1-4-6-7-8-9-17-19(15)18-10(3)11(13)12(14)16-5-2/h10-11H,4-9H2,1-3H3/t10-,11-,19+/m0/s1. The van der Waals surface area contributed by atoms with E-state index in [1.165, 1.54) is 0 Å². The van der Waals surface area contributed by atoms with Crippen LogP contribution in [-0.2, 0) is 29.3 Å². The van der Waals surface area contributed by atoms with Crippen molar-refractivity contribution in [2.75, 3.05) is 13.2 Å². The fourth-order valence-electron chi connectivity index (χ4n) is 1.27. The van der Waals surface area contributed by atoms with Crippen molar-refractivity contribution in [3.63, 3.8) is 0 Å². The number of esters is 1. The Hall–Kier alpha value is -0.170. The van der Waals surface area contributed by atoms with Crippen LogP contribution in [0.3, 0.4) is 0 Å². The third-order valence-electron chi connectivity index (χ3n) is 2.33. The molecule has 0 aromatic rings. The van der Waals surface area contributed by atoms with Gasteiger partial charge >= 0.3 is 17.3 Å². The molecule has 0 heterocycles. The van der Waals surface area contributed by atoms with Gasteiger partial charge < -0.3 is 4.74 Å². The van der Waals surface area contributed by atoms with E-state index in [-0.39, 0.29) is 6.61 Å². The van der Waals surface area contributed by atoms with Crippen molar-refractivity contribution in [2.24, 2.45) is 0 Å². The second-order valence-electron chi connectivity index (χ2n) is 4.04. The summed E-state index contributed by atoms with van der Waals surface area (Å²) in [5.74, 6) is -0.586. The Morgan fingerprint density at radius 1 is 1.26 bits per heavy atom. The van der Waals surface area contributed by atoms with Gasteiger partial charge in [-0.3, -0.25) is 13.2 Å². The maximum atomic E-state index is 11.4. The number of halogens is 1. The summed E-state index contributed by atoms with van der Waals surface area (Å²) in [4.78, 5) is 11.3. The van der Waals surface area contributed by atoms with Crippen molar-refractivity contribution in [2.45, 2.75) is 57.9 Å². The van der Waals surface area contributed by atoms with Crippen LogP contribution < -0.4 is 0 Å². The number of alkyl halides is 1. The first-order valence-electron chi connectivity index (χ1n) is 6.55. The minimum Gasteiger partial charge on any atom is -0.465 e.